The van der Waals surface area contributed by atoms with Gasteiger partial charge in [-0.3, -0.25) is 19.2 Å². The lowest BCUT2D eigenvalue weighted by atomic mass is 9.78. The predicted molar refractivity (Wildman–Crippen MR) is 142 cm³/mol. The van der Waals surface area contributed by atoms with Crippen LogP contribution in [0.4, 0.5) is 30.2 Å². The van der Waals surface area contributed by atoms with Crippen LogP contribution in [0.5, 0.6) is 0 Å². The predicted octanol–water partition coefficient (Wildman–Crippen LogP) is 6.02. The summed E-state index contributed by atoms with van der Waals surface area (Å²) in [5, 5.41) is 4.23. The Morgan fingerprint density at radius 1 is 0.923 bits per heavy atom. The molecule has 0 saturated heterocycles. The second-order valence-electron chi connectivity index (χ2n) is 9.84. The molecular weight excluding hydrogens is 505 g/mol. The average Bonchev–Trinajstić information content (AvgIpc) is 3.51. The first-order valence-electron chi connectivity index (χ1n) is 12.7. The van der Waals surface area contributed by atoms with Crippen LogP contribution in [0.2, 0.25) is 0 Å². The van der Waals surface area contributed by atoms with Crippen molar-refractivity contribution >= 4 is 28.9 Å². The van der Waals surface area contributed by atoms with E-state index in [1.165, 1.54) is 15.9 Å². The van der Waals surface area contributed by atoms with Crippen molar-refractivity contribution in [2.75, 3.05) is 16.3 Å². The van der Waals surface area contributed by atoms with Gasteiger partial charge in [-0.15, -0.1) is 0 Å². The Bertz CT molecular complexity index is 1610. The Balaban J connectivity index is 1.59. The van der Waals surface area contributed by atoms with Crippen LogP contribution in [0.1, 0.15) is 30.0 Å². The van der Waals surface area contributed by atoms with Crippen LogP contribution in [-0.4, -0.2) is 28.1 Å². The van der Waals surface area contributed by atoms with Gasteiger partial charge in [0.15, 0.2) is 5.41 Å². The number of amides is 2. The summed E-state index contributed by atoms with van der Waals surface area (Å²) in [6, 6.07) is 19.3. The van der Waals surface area contributed by atoms with Crippen molar-refractivity contribution in [2.24, 2.45) is 7.05 Å². The fraction of sp³-hybridized carbons (Fsp3) is 0.233. The topological polar surface area (TPSA) is 58.4 Å². The van der Waals surface area contributed by atoms with Crippen LogP contribution in [-0.2, 0) is 34.6 Å². The zero-order chi connectivity index (χ0) is 27.5. The van der Waals surface area contributed by atoms with E-state index >= 15 is 0 Å². The van der Waals surface area contributed by atoms with E-state index in [4.69, 9.17) is 0 Å². The van der Waals surface area contributed by atoms with Gasteiger partial charge in [0.2, 0.25) is 5.91 Å². The maximum Gasteiger partial charge on any atom is 0.416 e. The molecule has 198 valence electrons. The summed E-state index contributed by atoms with van der Waals surface area (Å²) in [6.45, 7) is 1.95. The number of anilines is 3. The Kier molecular flexibility index (Phi) is 5.64. The zero-order valence-electron chi connectivity index (χ0n) is 21.4. The van der Waals surface area contributed by atoms with Gasteiger partial charge in [0.1, 0.15) is 0 Å². The molecule has 1 spiro atoms. The second-order valence-corrected chi connectivity index (χ2v) is 9.84. The monoisotopic (exact) mass is 530 g/mol. The van der Waals surface area contributed by atoms with Crippen molar-refractivity contribution < 1.29 is 22.8 Å². The number of fused-ring (bicyclic) bond motifs is 3. The largest absolute Gasteiger partial charge is 0.416 e. The number of carbonyl (C=O) groups is 2. The lowest BCUT2D eigenvalue weighted by Gasteiger charge is -2.32. The Labute approximate surface area is 223 Å². The molecule has 2 heterocycles. The quantitative estimate of drug-likeness (QED) is 0.305. The van der Waals surface area contributed by atoms with Crippen LogP contribution in [0, 0.1) is 0 Å². The Morgan fingerprint density at radius 3 is 2.36 bits per heavy atom. The van der Waals surface area contributed by atoms with E-state index < -0.39 is 29.0 Å². The molecule has 0 radical (unpaired) electrons. The first-order valence-corrected chi connectivity index (χ1v) is 12.7. The van der Waals surface area contributed by atoms with E-state index in [-0.39, 0.29) is 24.3 Å². The number of hydrogen-bond acceptors (Lipinski definition) is 3. The number of benzene rings is 3. The van der Waals surface area contributed by atoms with E-state index in [1.807, 2.05) is 31.3 Å². The number of halogens is 3. The van der Waals surface area contributed by atoms with Gasteiger partial charge in [0.25, 0.3) is 5.91 Å². The maximum absolute atomic E-state index is 14.7. The Hall–Kier alpha value is -4.40. The third-order valence-corrected chi connectivity index (χ3v) is 7.79. The lowest BCUT2D eigenvalue weighted by molar-refractivity contribution is -0.138. The highest BCUT2D eigenvalue weighted by molar-refractivity contribution is 6.27. The molecule has 6 nitrogen and oxygen atoms in total. The molecule has 0 saturated carbocycles. The number of carbonyl (C=O) groups excluding carboxylic acids is 2. The van der Waals surface area contributed by atoms with Gasteiger partial charge >= 0.3 is 6.18 Å². The number of nitrogens with zero attached hydrogens (tertiary/aromatic N) is 4. The SMILES string of the molecule is CCN1C(=O)C2(CCc3cc(-c4ccnn4C)ccc32)C(=O)N(c2ccccc2)c2cc(C(F)(F)F)ccc21. The first kappa shape index (κ1) is 24.9. The molecule has 2 amide bonds. The number of para-hydroxylation sites is 1. The molecule has 1 aromatic heterocycles. The van der Waals surface area contributed by atoms with E-state index in [9.17, 15) is 22.8 Å². The first-order chi connectivity index (χ1) is 18.7. The summed E-state index contributed by atoms with van der Waals surface area (Å²) >= 11 is 0. The lowest BCUT2D eigenvalue weighted by Crippen LogP contribution is -2.53. The highest BCUT2D eigenvalue weighted by Gasteiger charge is 2.57. The summed E-state index contributed by atoms with van der Waals surface area (Å²) in [7, 11) is 1.84. The van der Waals surface area contributed by atoms with Crippen LogP contribution in [0.25, 0.3) is 11.3 Å². The van der Waals surface area contributed by atoms with Gasteiger partial charge in [-0.1, -0.05) is 30.3 Å². The van der Waals surface area contributed by atoms with E-state index in [0.29, 0.717) is 17.7 Å². The minimum atomic E-state index is -4.62. The Morgan fingerprint density at radius 2 is 1.69 bits per heavy atom. The van der Waals surface area contributed by atoms with Crippen LogP contribution in [0.15, 0.2) is 79.0 Å². The molecule has 0 bridgehead atoms. The van der Waals surface area contributed by atoms with Crippen LogP contribution in [0.3, 0.4) is 0 Å². The number of aryl methyl sites for hydroxylation is 2. The third-order valence-electron chi connectivity index (χ3n) is 7.79. The molecule has 0 N–H and O–H groups in total. The molecule has 39 heavy (non-hydrogen) atoms. The van der Waals surface area contributed by atoms with Gasteiger partial charge < -0.3 is 4.90 Å². The highest BCUT2D eigenvalue weighted by atomic mass is 19.4. The molecule has 6 rings (SSSR count). The normalized spacial score (nSPS) is 18.9. The fourth-order valence-corrected chi connectivity index (χ4v) is 5.92. The van der Waals surface area contributed by atoms with Gasteiger partial charge in [-0.2, -0.15) is 18.3 Å². The zero-order valence-corrected chi connectivity index (χ0v) is 21.4. The molecule has 9 heteroatoms. The van der Waals surface area contributed by atoms with Crippen molar-refractivity contribution in [3.8, 4) is 11.3 Å². The average molecular weight is 531 g/mol. The second kappa shape index (κ2) is 8.83. The molecule has 4 aromatic rings. The van der Waals surface area contributed by atoms with Crippen LogP contribution < -0.4 is 9.80 Å². The molecule has 1 atom stereocenters. The molecule has 1 aliphatic carbocycles. The fourth-order valence-electron chi connectivity index (χ4n) is 5.92. The highest BCUT2D eigenvalue weighted by Crippen LogP contribution is 2.51. The number of rotatable bonds is 3. The standard InChI is InChI=1S/C30H25F3N4O2/c1-3-36-25-12-10-21(30(31,32)33)18-26(25)37(22-7-5-4-6-8-22)28(39)29(27(36)38)15-13-19-17-20(9-11-23(19)29)24-14-16-34-35(24)2/h4-12,14,16-18H,3,13,15H2,1-2H3. The van der Waals surface area contributed by atoms with Crippen molar-refractivity contribution in [3.63, 3.8) is 0 Å². The van der Waals surface area contributed by atoms with Crippen molar-refractivity contribution in [1.29, 1.82) is 0 Å². The minimum absolute atomic E-state index is 0.0352. The number of likely N-dealkylation sites (N-methyl/N-ethyl adjacent to an activating group) is 1. The maximum atomic E-state index is 14.7. The summed E-state index contributed by atoms with van der Waals surface area (Å²) in [6.07, 6.45) is -2.23. The third kappa shape index (κ3) is 3.67. The van der Waals surface area contributed by atoms with E-state index in [1.54, 1.807) is 48.1 Å². The molecule has 2 aliphatic rings. The van der Waals surface area contributed by atoms with Crippen molar-refractivity contribution in [2.45, 2.75) is 31.4 Å². The van der Waals surface area contributed by atoms with Crippen molar-refractivity contribution in [1.82, 2.24) is 9.78 Å². The number of hydrogen-bond donors (Lipinski definition) is 0. The smallest absolute Gasteiger partial charge is 0.309 e. The summed E-state index contributed by atoms with van der Waals surface area (Å²) < 4.78 is 43.2. The van der Waals surface area contributed by atoms with Crippen LogP contribution >= 0.6 is 0 Å². The van der Waals surface area contributed by atoms with Gasteiger partial charge in [-0.25, -0.2) is 0 Å². The summed E-state index contributed by atoms with van der Waals surface area (Å²) in [5.74, 6) is -0.983. The molecular formula is C30H25F3N4O2. The summed E-state index contributed by atoms with van der Waals surface area (Å²) in [5.41, 5.74) is 1.49. The van der Waals surface area contributed by atoms with Gasteiger partial charge in [0, 0.05) is 31.0 Å². The van der Waals surface area contributed by atoms with E-state index in [2.05, 4.69) is 5.10 Å². The van der Waals surface area contributed by atoms with Crippen molar-refractivity contribution in [3.05, 3.63) is 95.7 Å². The molecule has 3 aromatic carbocycles. The summed E-state index contributed by atoms with van der Waals surface area (Å²) in [4.78, 5) is 31.8. The van der Waals surface area contributed by atoms with Gasteiger partial charge in [-0.05, 0) is 73.4 Å². The number of aromatic nitrogens is 2. The van der Waals surface area contributed by atoms with Gasteiger partial charge in [0.05, 0.1) is 22.6 Å². The van der Waals surface area contributed by atoms with E-state index in [0.717, 1.165) is 29.0 Å². The molecule has 0 fully saturated rings. The molecule has 1 aliphatic heterocycles. The minimum Gasteiger partial charge on any atom is -0.309 e. The molecule has 1 unspecified atom stereocenters. The number of alkyl halides is 3.